The predicted octanol–water partition coefficient (Wildman–Crippen LogP) is 4.30. The molecule has 198 valence electrons. The maximum atomic E-state index is 12.9. The molecule has 3 heterocycles. The van der Waals surface area contributed by atoms with E-state index in [2.05, 4.69) is 74.2 Å². The Morgan fingerprint density at radius 3 is 1.95 bits per heavy atom. The van der Waals surface area contributed by atoms with Crippen LogP contribution in [0.5, 0.6) is 0 Å². The van der Waals surface area contributed by atoms with Crippen LogP contribution < -0.4 is 15.3 Å². The topological polar surface area (TPSA) is 62.7 Å². The molecular weight excluding hydrogens is 523 g/mol. The molecule has 1 saturated heterocycles. The van der Waals surface area contributed by atoms with Crippen molar-refractivity contribution in [3.8, 4) is 0 Å². The minimum absolute atomic E-state index is 0.0632. The van der Waals surface area contributed by atoms with E-state index in [-0.39, 0.29) is 30.0 Å². The monoisotopic (exact) mass is 553 g/mol. The van der Waals surface area contributed by atoms with Gasteiger partial charge in [0.15, 0.2) is 5.13 Å². The lowest BCUT2D eigenvalue weighted by Gasteiger charge is -2.54. The molecule has 0 radical (unpaired) electrons. The van der Waals surface area contributed by atoms with Gasteiger partial charge in [0.25, 0.3) is 11.8 Å². The Labute approximate surface area is 234 Å². The zero-order valence-electron chi connectivity index (χ0n) is 22.3. The van der Waals surface area contributed by atoms with Gasteiger partial charge in [0.1, 0.15) is 6.23 Å². The second kappa shape index (κ2) is 10.2. The Morgan fingerprint density at radius 1 is 0.872 bits per heavy atom. The molecular formula is C31H31N3O3SSi. The lowest BCUT2D eigenvalue weighted by atomic mass is 9.74. The average molecular weight is 554 g/mol. The summed E-state index contributed by atoms with van der Waals surface area (Å²) in [5.41, 5.74) is 1.69. The number of amides is 2. The van der Waals surface area contributed by atoms with E-state index in [0.29, 0.717) is 22.7 Å². The van der Waals surface area contributed by atoms with Gasteiger partial charge < -0.3 is 9.33 Å². The van der Waals surface area contributed by atoms with E-state index < -0.39 is 9.04 Å². The zero-order chi connectivity index (χ0) is 27.1. The number of rotatable bonds is 7. The first kappa shape index (κ1) is 25.7. The van der Waals surface area contributed by atoms with Gasteiger partial charge in [0, 0.05) is 17.8 Å². The lowest BCUT2D eigenvalue weighted by molar-refractivity contribution is 0.00492. The molecule has 0 aliphatic carbocycles. The first-order valence-corrected chi connectivity index (χ1v) is 15.7. The van der Waals surface area contributed by atoms with E-state index in [9.17, 15) is 9.59 Å². The Kier molecular flexibility index (Phi) is 6.70. The average Bonchev–Trinajstić information content (AvgIpc) is 3.47. The van der Waals surface area contributed by atoms with E-state index in [1.165, 1.54) is 26.6 Å². The first-order valence-electron chi connectivity index (χ1n) is 13.2. The lowest BCUT2D eigenvalue weighted by Crippen LogP contribution is -2.65. The van der Waals surface area contributed by atoms with E-state index in [0.717, 1.165) is 11.7 Å². The molecule has 1 aromatic heterocycles. The molecule has 2 aliphatic rings. The number of carbonyl (C=O) groups excluding carboxylic acids is 2. The minimum atomic E-state index is -1.98. The molecule has 2 atom stereocenters. The molecule has 1 fully saturated rings. The molecule has 0 spiro atoms. The highest BCUT2D eigenvalue weighted by Gasteiger charge is 2.48. The van der Waals surface area contributed by atoms with Crippen LogP contribution in [0.3, 0.4) is 0 Å². The van der Waals surface area contributed by atoms with Crippen LogP contribution >= 0.6 is 11.3 Å². The van der Waals surface area contributed by atoms with Crippen LogP contribution in [-0.4, -0.2) is 43.5 Å². The SMILES string of the molecule is CC(C)(C)C1CN(c2nc(CN3C(=O)c4ccccc4C3=O)cs2)C1O[SiH](c1ccccc1)c1ccccc1. The fourth-order valence-corrected chi connectivity index (χ4v) is 8.64. The van der Waals surface area contributed by atoms with E-state index in [4.69, 9.17) is 9.41 Å². The van der Waals surface area contributed by atoms with Crippen molar-refractivity contribution < 1.29 is 14.0 Å². The van der Waals surface area contributed by atoms with Gasteiger partial charge >= 0.3 is 0 Å². The van der Waals surface area contributed by atoms with Crippen molar-refractivity contribution in [2.45, 2.75) is 33.5 Å². The van der Waals surface area contributed by atoms with Gasteiger partial charge in [0.05, 0.1) is 23.4 Å². The first-order chi connectivity index (χ1) is 18.8. The van der Waals surface area contributed by atoms with E-state index in [1.54, 1.807) is 24.3 Å². The summed E-state index contributed by atoms with van der Waals surface area (Å²) < 4.78 is 7.10. The number of carbonyl (C=O) groups is 2. The summed E-state index contributed by atoms with van der Waals surface area (Å²) in [6.45, 7) is 7.81. The smallest absolute Gasteiger partial charge is 0.261 e. The molecule has 0 bridgehead atoms. The fraction of sp³-hybridized carbons (Fsp3) is 0.258. The Hall–Kier alpha value is -3.59. The van der Waals surface area contributed by atoms with Crippen molar-refractivity contribution in [3.63, 3.8) is 0 Å². The van der Waals surface area contributed by atoms with Crippen molar-refractivity contribution in [1.29, 1.82) is 0 Å². The second-order valence-corrected chi connectivity index (χ2v) is 14.4. The highest BCUT2D eigenvalue weighted by atomic mass is 32.1. The molecule has 6 nitrogen and oxygen atoms in total. The number of hydrogen-bond acceptors (Lipinski definition) is 6. The second-order valence-electron chi connectivity index (χ2n) is 11.2. The summed E-state index contributed by atoms with van der Waals surface area (Å²) in [5.74, 6) is -0.186. The Bertz CT molecular complexity index is 1430. The molecule has 6 rings (SSSR count). The van der Waals surface area contributed by atoms with Gasteiger partial charge in [-0.1, -0.05) is 93.6 Å². The molecule has 3 aromatic carbocycles. The number of anilines is 1. The normalized spacial score (nSPS) is 19.0. The number of benzene rings is 3. The quantitative estimate of drug-likeness (QED) is 0.252. The van der Waals surface area contributed by atoms with E-state index >= 15 is 0 Å². The highest BCUT2D eigenvalue weighted by Crippen LogP contribution is 2.43. The van der Waals surface area contributed by atoms with Gasteiger partial charge in [-0.05, 0) is 27.9 Å². The van der Waals surface area contributed by atoms with Gasteiger partial charge in [-0.2, -0.15) is 0 Å². The van der Waals surface area contributed by atoms with Crippen LogP contribution in [0.15, 0.2) is 90.3 Å². The number of imide groups is 1. The Morgan fingerprint density at radius 2 is 1.41 bits per heavy atom. The third-order valence-corrected chi connectivity index (χ3v) is 11.1. The largest absolute Gasteiger partial charge is 0.391 e. The van der Waals surface area contributed by atoms with Crippen LogP contribution in [0.4, 0.5) is 5.13 Å². The highest BCUT2D eigenvalue weighted by molar-refractivity contribution is 7.13. The van der Waals surface area contributed by atoms with Crippen LogP contribution in [-0.2, 0) is 11.0 Å². The summed E-state index contributed by atoms with van der Waals surface area (Å²) in [4.78, 5) is 34.2. The molecule has 2 aliphatic heterocycles. The number of thiazole rings is 1. The number of hydrogen-bond donors (Lipinski definition) is 0. The molecule has 2 unspecified atom stereocenters. The number of nitrogens with zero attached hydrogens (tertiary/aromatic N) is 3. The molecule has 0 saturated carbocycles. The number of fused-ring (bicyclic) bond motifs is 1. The van der Waals surface area contributed by atoms with Crippen LogP contribution in [0.25, 0.3) is 0 Å². The molecule has 8 heteroatoms. The molecule has 2 amide bonds. The van der Waals surface area contributed by atoms with Gasteiger partial charge in [0.2, 0.25) is 9.04 Å². The van der Waals surface area contributed by atoms with Gasteiger partial charge in [-0.3, -0.25) is 14.5 Å². The summed E-state index contributed by atoms with van der Waals surface area (Å²) in [6, 6.07) is 28.0. The predicted molar refractivity (Wildman–Crippen MR) is 157 cm³/mol. The summed E-state index contributed by atoms with van der Waals surface area (Å²) in [5, 5.41) is 5.30. The Balaban J connectivity index is 1.25. The standard InChI is InChI=1S/C31H31N3O3SSi/c1-31(2,3)26-19-34(29(26)37-39(22-12-6-4-7-13-22)23-14-8-5-9-15-23)30-32-21(20-38-30)18-33-27(35)24-16-10-11-17-25(24)28(33)36/h4-17,20,26,29,39H,18-19H2,1-3H3. The third kappa shape index (κ3) is 4.84. The van der Waals surface area contributed by atoms with E-state index in [1.807, 2.05) is 17.5 Å². The summed E-state index contributed by atoms with van der Waals surface area (Å²) in [6.07, 6.45) is -0.111. The van der Waals surface area contributed by atoms with Gasteiger partial charge in [-0.15, -0.1) is 11.3 Å². The van der Waals surface area contributed by atoms with Gasteiger partial charge in [-0.25, -0.2) is 4.98 Å². The number of aromatic nitrogens is 1. The van der Waals surface area contributed by atoms with Crippen molar-refractivity contribution in [1.82, 2.24) is 9.88 Å². The minimum Gasteiger partial charge on any atom is -0.391 e. The fourth-order valence-electron chi connectivity index (χ4n) is 5.33. The summed E-state index contributed by atoms with van der Waals surface area (Å²) >= 11 is 1.54. The maximum absolute atomic E-state index is 12.9. The van der Waals surface area contributed by atoms with Crippen molar-refractivity contribution in [2.75, 3.05) is 11.4 Å². The van der Waals surface area contributed by atoms with Crippen molar-refractivity contribution >= 4 is 47.7 Å². The molecule has 39 heavy (non-hydrogen) atoms. The van der Waals surface area contributed by atoms with Crippen molar-refractivity contribution in [3.05, 3.63) is 107 Å². The van der Waals surface area contributed by atoms with Crippen LogP contribution in [0, 0.1) is 11.3 Å². The summed E-state index contributed by atoms with van der Waals surface area (Å²) in [7, 11) is -1.98. The maximum Gasteiger partial charge on any atom is 0.261 e. The molecule has 0 N–H and O–H groups in total. The third-order valence-electron chi connectivity index (χ3n) is 7.62. The van der Waals surface area contributed by atoms with Crippen LogP contribution in [0.1, 0.15) is 47.2 Å². The molecule has 4 aromatic rings. The van der Waals surface area contributed by atoms with Crippen LogP contribution in [0.2, 0.25) is 0 Å². The van der Waals surface area contributed by atoms with Crippen molar-refractivity contribution in [2.24, 2.45) is 11.3 Å². The zero-order valence-corrected chi connectivity index (χ0v) is 24.3.